The van der Waals surface area contributed by atoms with Crippen molar-refractivity contribution in [2.24, 2.45) is 0 Å². The monoisotopic (exact) mass is 234 g/mol. The fraction of sp³-hybridized carbons (Fsp3) is 0.286. The Bertz CT molecular complexity index is 280. The van der Waals surface area contributed by atoms with Gasteiger partial charge in [-0.2, -0.15) is 0 Å². The van der Waals surface area contributed by atoms with Crippen LogP contribution in [-0.2, 0) is 11.2 Å². The van der Waals surface area contributed by atoms with E-state index in [-0.39, 0.29) is 6.42 Å². The lowest BCUT2D eigenvalue weighted by Gasteiger charge is -1.89. The Balaban J connectivity index is 2.85. The van der Waals surface area contributed by atoms with Gasteiger partial charge in [-0.25, -0.2) is 0 Å². The zero-order chi connectivity index (χ0) is 8.43. The van der Waals surface area contributed by atoms with Crippen molar-refractivity contribution in [3.05, 3.63) is 20.3 Å². The molecule has 0 aliphatic rings. The number of carboxylic acids is 1. The Hall–Kier alpha value is -0.350. The lowest BCUT2D eigenvalue weighted by molar-refractivity contribution is -0.136. The highest BCUT2D eigenvalue weighted by molar-refractivity contribution is 9.10. The molecule has 0 aromatic carbocycles. The van der Waals surface area contributed by atoms with Crippen molar-refractivity contribution in [2.75, 3.05) is 0 Å². The molecule has 0 aliphatic heterocycles. The van der Waals surface area contributed by atoms with Crippen molar-refractivity contribution in [2.45, 2.75) is 13.3 Å². The minimum absolute atomic E-state index is 0.110. The highest BCUT2D eigenvalue weighted by atomic mass is 79.9. The van der Waals surface area contributed by atoms with Gasteiger partial charge in [0, 0.05) is 14.2 Å². The molecule has 1 heterocycles. The van der Waals surface area contributed by atoms with E-state index in [0.29, 0.717) is 0 Å². The van der Waals surface area contributed by atoms with Gasteiger partial charge in [0.1, 0.15) is 0 Å². The number of rotatable bonds is 2. The fourth-order valence-electron chi connectivity index (χ4n) is 0.789. The van der Waals surface area contributed by atoms with E-state index in [1.54, 1.807) is 0 Å². The van der Waals surface area contributed by atoms with Gasteiger partial charge >= 0.3 is 5.97 Å². The second-order valence-corrected chi connectivity index (χ2v) is 4.39. The van der Waals surface area contributed by atoms with Crippen LogP contribution < -0.4 is 0 Å². The summed E-state index contributed by atoms with van der Waals surface area (Å²) in [6, 6.07) is 1.93. The van der Waals surface area contributed by atoms with Gasteiger partial charge in [0.2, 0.25) is 0 Å². The molecule has 0 aliphatic carbocycles. The first-order valence-corrected chi connectivity index (χ1v) is 4.67. The predicted octanol–water partition coefficient (Wildman–Crippen LogP) is 2.45. The second kappa shape index (κ2) is 3.36. The van der Waals surface area contributed by atoms with Crippen LogP contribution in [0.2, 0.25) is 0 Å². The molecule has 2 nitrogen and oxygen atoms in total. The van der Waals surface area contributed by atoms with Gasteiger partial charge < -0.3 is 5.11 Å². The van der Waals surface area contributed by atoms with E-state index >= 15 is 0 Å². The average Bonchev–Trinajstić information content (AvgIpc) is 2.09. The number of hydrogen-bond donors (Lipinski definition) is 1. The Morgan fingerprint density at radius 3 is 2.82 bits per heavy atom. The first-order valence-electron chi connectivity index (χ1n) is 3.06. The molecule has 0 radical (unpaired) electrons. The molecule has 1 rings (SSSR count). The fourth-order valence-corrected chi connectivity index (χ4v) is 2.58. The van der Waals surface area contributed by atoms with Gasteiger partial charge in [0.25, 0.3) is 0 Å². The number of carboxylic acid groups (broad SMARTS) is 1. The molecule has 0 bridgehead atoms. The first-order chi connectivity index (χ1) is 5.09. The van der Waals surface area contributed by atoms with Crippen molar-refractivity contribution >= 4 is 33.2 Å². The summed E-state index contributed by atoms with van der Waals surface area (Å²) >= 11 is 4.81. The van der Waals surface area contributed by atoms with Crippen LogP contribution in [0.3, 0.4) is 0 Å². The van der Waals surface area contributed by atoms with E-state index in [0.717, 1.165) is 14.2 Å². The number of aryl methyl sites for hydroxylation is 1. The van der Waals surface area contributed by atoms with Crippen LogP contribution in [0.1, 0.15) is 9.75 Å². The SMILES string of the molecule is Cc1cc(Br)c(CC(=O)O)s1. The lowest BCUT2D eigenvalue weighted by atomic mass is 10.3. The molecule has 0 atom stereocenters. The third-order valence-electron chi connectivity index (χ3n) is 1.19. The summed E-state index contributed by atoms with van der Waals surface area (Å²) in [4.78, 5) is 12.3. The number of thiophene rings is 1. The number of carbonyl (C=O) groups is 1. The van der Waals surface area contributed by atoms with E-state index in [2.05, 4.69) is 15.9 Å². The van der Waals surface area contributed by atoms with Crippen molar-refractivity contribution in [1.82, 2.24) is 0 Å². The average molecular weight is 235 g/mol. The molecule has 4 heteroatoms. The summed E-state index contributed by atoms with van der Waals surface area (Å²) in [7, 11) is 0. The van der Waals surface area contributed by atoms with E-state index in [4.69, 9.17) is 5.11 Å². The van der Waals surface area contributed by atoms with E-state index in [1.165, 1.54) is 11.3 Å². The Morgan fingerprint density at radius 1 is 1.82 bits per heavy atom. The van der Waals surface area contributed by atoms with E-state index in [9.17, 15) is 4.79 Å². The summed E-state index contributed by atoms with van der Waals surface area (Å²) < 4.78 is 0.905. The number of aliphatic carboxylic acids is 1. The van der Waals surface area contributed by atoms with Crippen molar-refractivity contribution in [1.29, 1.82) is 0 Å². The quantitative estimate of drug-likeness (QED) is 0.854. The highest BCUT2D eigenvalue weighted by Crippen LogP contribution is 2.26. The summed E-state index contributed by atoms with van der Waals surface area (Å²) in [6.07, 6.45) is 0.110. The van der Waals surface area contributed by atoms with Gasteiger partial charge in [-0.3, -0.25) is 4.79 Å². The maximum absolute atomic E-state index is 10.3. The summed E-state index contributed by atoms with van der Waals surface area (Å²) in [5.41, 5.74) is 0. The standard InChI is InChI=1S/C7H7BrO2S/c1-4-2-5(8)6(11-4)3-7(9)10/h2H,3H2,1H3,(H,9,10). The molecule has 0 fully saturated rings. The van der Waals surface area contributed by atoms with E-state index < -0.39 is 5.97 Å². The maximum Gasteiger partial charge on any atom is 0.308 e. The topological polar surface area (TPSA) is 37.3 Å². The molecule has 1 N–H and O–H groups in total. The molecular formula is C7H7BrO2S. The smallest absolute Gasteiger partial charge is 0.308 e. The Labute approximate surface area is 77.0 Å². The zero-order valence-corrected chi connectivity index (χ0v) is 8.33. The molecule has 11 heavy (non-hydrogen) atoms. The minimum atomic E-state index is -0.785. The second-order valence-electron chi connectivity index (χ2n) is 2.20. The van der Waals surface area contributed by atoms with Crippen molar-refractivity contribution in [3.63, 3.8) is 0 Å². The van der Waals surface area contributed by atoms with Gasteiger partial charge in [-0.05, 0) is 28.9 Å². The number of hydrogen-bond acceptors (Lipinski definition) is 2. The molecule has 1 aromatic rings. The van der Waals surface area contributed by atoms with Crippen LogP contribution in [0.5, 0.6) is 0 Å². The Morgan fingerprint density at radius 2 is 2.45 bits per heavy atom. The number of halogens is 1. The normalized spacial score (nSPS) is 10.0. The van der Waals surface area contributed by atoms with Gasteiger partial charge in [-0.1, -0.05) is 0 Å². The van der Waals surface area contributed by atoms with Crippen LogP contribution in [0.4, 0.5) is 0 Å². The van der Waals surface area contributed by atoms with Gasteiger partial charge in [0.15, 0.2) is 0 Å². The largest absolute Gasteiger partial charge is 0.481 e. The van der Waals surface area contributed by atoms with Gasteiger partial charge in [0.05, 0.1) is 6.42 Å². The third-order valence-corrected chi connectivity index (χ3v) is 3.21. The van der Waals surface area contributed by atoms with Crippen molar-refractivity contribution in [3.8, 4) is 0 Å². The van der Waals surface area contributed by atoms with Crippen LogP contribution in [-0.4, -0.2) is 11.1 Å². The van der Waals surface area contributed by atoms with Crippen LogP contribution in [0, 0.1) is 6.92 Å². The zero-order valence-electron chi connectivity index (χ0n) is 5.93. The third kappa shape index (κ3) is 2.31. The molecular weight excluding hydrogens is 228 g/mol. The first kappa shape index (κ1) is 8.74. The van der Waals surface area contributed by atoms with E-state index in [1.807, 2.05) is 13.0 Å². The molecule has 0 spiro atoms. The summed E-state index contributed by atoms with van der Waals surface area (Å²) in [5.74, 6) is -0.785. The summed E-state index contributed by atoms with van der Waals surface area (Å²) in [5, 5.41) is 8.49. The van der Waals surface area contributed by atoms with Crippen molar-refractivity contribution < 1.29 is 9.90 Å². The molecule has 0 saturated heterocycles. The summed E-state index contributed by atoms with van der Waals surface area (Å²) in [6.45, 7) is 1.96. The predicted molar refractivity (Wildman–Crippen MR) is 48.1 cm³/mol. The maximum atomic E-state index is 10.3. The molecule has 0 unspecified atom stereocenters. The van der Waals surface area contributed by atoms with Crippen LogP contribution in [0.25, 0.3) is 0 Å². The molecule has 0 saturated carbocycles. The highest BCUT2D eigenvalue weighted by Gasteiger charge is 2.07. The van der Waals surface area contributed by atoms with Gasteiger partial charge in [-0.15, -0.1) is 11.3 Å². The molecule has 1 aromatic heterocycles. The van der Waals surface area contributed by atoms with Crippen LogP contribution >= 0.6 is 27.3 Å². The lowest BCUT2D eigenvalue weighted by Crippen LogP contribution is -1.97. The Kier molecular flexibility index (Phi) is 2.67. The molecule has 60 valence electrons. The minimum Gasteiger partial charge on any atom is -0.481 e. The van der Waals surface area contributed by atoms with Crippen LogP contribution in [0.15, 0.2) is 10.5 Å². The molecule has 0 amide bonds.